The van der Waals surface area contributed by atoms with E-state index in [2.05, 4.69) is 16.8 Å². The van der Waals surface area contributed by atoms with Gasteiger partial charge in [-0.25, -0.2) is 8.78 Å². The highest BCUT2D eigenvalue weighted by Gasteiger charge is 2.23. The van der Waals surface area contributed by atoms with Gasteiger partial charge in [-0.3, -0.25) is 9.69 Å². The van der Waals surface area contributed by atoms with Crippen LogP contribution in [0, 0.1) is 11.6 Å². The minimum atomic E-state index is -0.898. The Labute approximate surface area is 138 Å². The number of hydrogen-bond acceptors (Lipinski definition) is 3. The molecule has 1 aromatic heterocycles. The van der Waals surface area contributed by atoms with E-state index < -0.39 is 11.6 Å². The normalized spacial score (nSPS) is 19.2. The molecule has 2 heterocycles. The van der Waals surface area contributed by atoms with Crippen molar-refractivity contribution in [3.05, 3.63) is 44.4 Å². The highest BCUT2D eigenvalue weighted by atomic mass is 32.1. The average Bonchev–Trinajstić information content (AvgIpc) is 2.91. The van der Waals surface area contributed by atoms with Gasteiger partial charge in [0, 0.05) is 23.0 Å². The van der Waals surface area contributed by atoms with E-state index in [0.29, 0.717) is 23.8 Å². The Bertz CT molecular complexity index is 740. The first kappa shape index (κ1) is 16.3. The highest BCUT2D eigenvalue weighted by Crippen LogP contribution is 2.29. The lowest BCUT2D eigenvalue weighted by Gasteiger charge is -2.35. The molecule has 0 saturated carbocycles. The second-order valence-corrected chi connectivity index (χ2v) is 7.04. The van der Waals surface area contributed by atoms with Crippen molar-refractivity contribution in [2.75, 3.05) is 6.54 Å². The number of hydrogen-bond donors (Lipinski definition) is 1. The number of nitrogens with zero attached hydrogens (tertiary/aromatic N) is 1. The number of nitrogens with one attached hydrogen (secondary N) is 1. The van der Waals surface area contributed by atoms with Crippen LogP contribution in [0.5, 0.6) is 0 Å². The largest absolute Gasteiger partial charge is 0.312 e. The Morgan fingerprint density at radius 3 is 2.87 bits per heavy atom. The third-order valence-corrected chi connectivity index (χ3v) is 5.36. The summed E-state index contributed by atoms with van der Waals surface area (Å²) in [6, 6.07) is 4.27. The van der Waals surface area contributed by atoms with E-state index in [1.807, 2.05) is 0 Å². The predicted octanol–water partition coefficient (Wildman–Crippen LogP) is 4.15. The molecule has 2 aromatic rings. The van der Waals surface area contributed by atoms with Crippen LogP contribution in [0.25, 0.3) is 11.3 Å². The Balaban J connectivity index is 1.91. The zero-order valence-corrected chi connectivity index (χ0v) is 13.9. The molecule has 6 heteroatoms. The van der Waals surface area contributed by atoms with Crippen LogP contribution >= 0.6 is 11.3 Å². The molecule has 3 rings (SSSR count). The lowest BCUT2D eigenvalue weighted by molar-refractivity contribution is 0.137. The van der Waals surface area contributed by atoms with Gasteiger partial charge >= 0.3 is 4.87 Å². The molecule has 0 aliphatic carbocycles. The van der Waals surface area contributed by atoms with Crippen LogP contribution in [0.3, 0.4) is 0 Å². The monoisotopic (exact) mass is 338 g/mol. The zero-order valence-electron chi connectivity index (χ0n) is 13.1. The molecule has 1 unspecified atom stereocenters. The third-order valence-electron chi connectivity index (χ3n) is 4.50. The van der Waals surface area contributed by atoms with Crippen LogP contribution in [-0.4, -0.2) is 22.5 Å². The quantitative estimate of drug-likeness (QED) is 0.909. The molecule has 1 aromatic carbocycles. The van der Waals surface area contributed by atoms with Gasteiger partial charge in [-0.05, 0) is 44.0 Å². The van der Waals surface area contributed by atoms with E-state index in [0.717, 1.165) is 47.7 Å². The Morgan fingerprint density at radius 2 is 2.13 bits per heavy atom. The second-order valence-electron chi connectivity index (χ2n) is 5.97. The Kier molecular flexibility index (Phi) is 4.92. The molecule has 1 fully saturated rings. The first-order chi connectivity index (χ1) is 11.1. The molecule has 0 spiro atoms. The molecule has 3 nitrogen and oxygen atoms in total. The number of halogens is 2. The van der Waals surface area contributed by atoms with Crippen molar-refractivity contribution in [3.63, 3.8) is 0 Å². The average molecular weight is 338 g/mol. The fourth-order valence-electron chi connectivity index (χ4n) is 3.27. The van der Waals surface area contributed by atoms with E-state index in [1.165, 1.54) is 18.9 Å². The first-order valence-electron chi connectivity index (χ1n) is 8.00. The van der Waals surface area contributed by atoms with Crippen molar-refractivity contribution < 1.29 is 8.78 Å². The topological polar surface area (TPSA) is 36.1 Å². The van der Waals surface area contributed by atoms with Gasteiger partial charge in [-0.15, -0.1) is 0 Å². The SMILES string of the molecule is CCC1CCCCN1Cc1sc(=O)[nH]c1-c1ccc(F)c(F)c1. The zero-order chi connectivity index (χ0) is 16.4. The van der Waals surface area contributed by atoms with Crippen LogP contribution in [0.4, 0.5) is 8.78 Å². The van der Waals surface area contributed by atoms with E-state index in [4.69, 9.17) is 0 Å². The number of rotatable bonds is 4. The van der Waals surface area contributed by atoms with Gasteiger partial charge in [0.2, 0.25) is 0 Å². The van der Waals surface area contributed by atoms with Crippen molar-refractivity contribution >= 4 is 11.3 Å². The maximum atomic E-state index is 13.5. The molecule has 23 heavy (non-hydrogen) atoms. The molecule has 1 atom stereocenters. The predicted molar refractivity (Wildman–Crippen MR) is 88.6 cm³/mol. The van der Waals surface area contributed by atoms with Crippen LogP contribution in [0.2, 0.25) is 0 Å². The maximum absolute atomic E-state index is 13.5. The number of aromatic amines is 1. The Hall–Kier alpha value is -1.53. The molecule has 1 saturated heterocycles. The minimum Gasteiger partial charge on any atom is -0.312 e. The van der Waals surface area contributed by atoms with Crippen molar-refractivity contribution in [2.24, 2.45) is 0 Å². The van der Waals surface area contributed by atoms with Crippen molar-refractivity contribution in [2.45, 2.75) is 45.2 Å². The van der Waals surface area contributed by atoms with Crippen LogP contribution in [0.15, 0.2) is 23.0 Å². The summed E-state index contributed by atoms with van der Waals surface area (Å²) >= 11 is 1.16. The Morgan fingerprint density at radius 1 is 1.30 bits per heavy atom. The number of likely N-dealkylation sites (tertiary alicyclic amines) is 1. The van der Waals surface area contributed by atoms with Crippen molar-refractivity contribution in [3.8, 4) is 11.3 Å². The summed E-state index contributed by atoms with van der Waals surface area (Å²) in [5.74, 6) is -1.78. The van der Waals surface area contributed by atoms with Gasteiger partial charge in [0.05, 0.1) is 5.69 Å². The summed E-state index contributed by atoms with van der Waals surface area (Å²) in [5, 5.41) is 0. The molecule has 0 radical (unpaired) electrons. The third kappa shape index (κ3) is 3.53. The van der Waals surface area contributed by atoms with E-state index in [9.17, 15) is 13.6 Å². The van der Waals surface area contributed by atoms with Gasteiger partial charge in [-0.2, -0.15) is 0 Å². The summed E-state index contributed by atoms with van der Waals surface area (Å²) in [7, 11) is 0. The van der Waals surface area contributed by atoms with Crippen molar-refractivity contribution in [1.82, 2.24) is 9.88 Å². The van der Waals surface area contributed by atoms with Gasteiger partial charge in [0.15, 0.2) is 11.6 Å². The molecule has 0 amide bonds. The summed E-state index contributed by atoms with van der Waals surface area (Å²) in [4.78, 5) is 17.7. The lowest BCUT2D eigenvalue weighted by Crippen LogP contribution is -2.38. The van der Waals surface area contributed by atoms with E-state index in [-0.39, 0.29) is 4.87 Å². The number of benzene rings is 1. The lowest BCUT2D eigenvalue weighted by atomic mass is 9.99. The summed E-state index contributed by atoms with van der Waals surface area (Å²) in [6.45, 7) is 3.87. The number of thiazole rings is 1. The number of aromatic nitrogens is 1. The number of piperidine rings is 1. The van der Waals surface area contributed by atoms with Gasteiger partial charge < -0.3 is 4.98 Å². The van der Waals surface area contributed by atoms with Gasteiger partial charge in [0.25, 0.3) is 0 Å². The van der Waals surface area contributed by atoms with Gasteiger partial charge in [0.1, 0.15) is 0 Å². The van der Waals surface area contributed by atoms with Crippen LogP contribution in [0.1, 0.15) is 37.5 Å². The van der Waals surface area contributed by atoms with Gasteiger partial charge in [-0.1, -0.05) is 24.7 Å². The molecule has 0 bridgehead atoms. The molecular formula is C17H20F2N2OS. The number of H-pyrrole nitrogens is 1. The molecule has 124 valence electrons. The molecule has 1 aliphatic rings. The van der Waals surface area contributed by atoms with Crippen LogP contribution in [-0.2, 0) is 6.54 Å². The summed E-state index contributed by atoms with van der Waals surface area (Å²) < 4.78 is 26.6. The molecular weight excluding hydrogens is 318 g/mol. The highest BCUT2D eigenvalue weighted by molar-refractivity contribution is 7.09. The standard InChI is InChI=1S/C17H20F2N2OS/c1-2-12-5-3-4-8-21(12)10-15-16(20-17(22)23-15)11-6-7-13(18)14(19)9-11/h6-7,9,12H,2-5,8,10H2,1H3,(H,20,22). The van der Waals surface area contributed by atoms with E-state index in [1.54, 1.807) is 0 Å². The molecule has 1 N–H and O–H groups in total. The smallest absolute Gasteiger partial charge is 0.305 e. The minimum absolute atomic E-state index is 0.162. The fraction of sp³-hybridized carbons (Fsp3) is 0.471. The maximum Gasteiger partial charge on any atom is 0.305 e. The molecule has 1 aliphatic heterocycles. The fourth-order valence-corrected chi connectivity index (χ4v) is 4.15. The van der Waals surface area contributed by atoms with E-state index >= 15 is 0 Å². The van der Waals surface area contributed by atoms with Crippen molar-refractivity contribution in [1.29, 1.82) is 0 Å². The summed E-state index contributed by atoms with van der Waals surface area (Å²) in [6.07, 6.45) is 4.67. The first-order valence-corrected chi connectivity index (χ1v) is 8.81. The second kappa shape index (κ2) is 6.93. The summed E-state index contributed by atoms with van der Waals surface area (Å²) in [5.41, 5.74) is 1.13. The van der Waals surface area contributed by atoms with Crippen LogP contribution < -0.4 is 4.87 Å².